The molecule has 0 aliphatic carbocycles. The maximum atomic E-state index is 5.22. The summed E-state index contributed by atoms with van der Waals surface area (Å²) < 4.78 is 9.35. The molecule has 0 bridgehead atoms. The van der Waals surface area contributed by atoms with Gasteiger partial charge in [-0.1, -0.05) is 36.9 Å². The van der Waals surface area contributed by atoms with Gasteiger partial charge in [-0.15, -0.1) is 5.10 Å². The Bertz CT molecular complexity index is 524. The third-order valence-electron chi connectivity index (χ3n) is 3.19. The second kappa shape index (κ2) is 7.36. The molecule has 1 aromatic heterocycles. The average molecular weight is 291 g/mol. The average Bonchev–Trinajstić information content (AvgIpc) is 2.93. The second-order valence-electron chi connectivity index (χ2n) is 4.60. The van der Waals surface area contributed by atoms with E-state index < -0.39 is 0 Å². The van der Waals surface area contributed by atoms with Crippen molar-refractivity contribution in [3.05, 3.63) is 40.4 Å². The van der Waals surface area contributed by atoms with Crippen LogP contribution in [0, 0.1) is 0 Å². The molecule has 1 unspecified atom stereocenters. The van der Waals surface area contributed by atoms with Crippen LogP contribution in [0.4, 0.5) is 0 Å². The van der Waals surface area contributed by atoms with E-state index >= 15 is 0 Å². The zero-order chi connectivity index (χ0) is 14.4. The van der Waals surface area contributed by atoms with Gasteiger partial charge in [0.1, 0.15) is 5.75 Å². The fourth-order valence-corrected chi connectivity index (χ4v) is 3.01. The fraction of sp³-hybridized carbons (Fsp3) is 0.467. The highest BCUT2D eigenvalue weighted by atomic mass is 32.1. The van der Waals surface area contributed by atoms with Crippen LogP contribution >= 0.6 is 11.5 Å². The monoisotopic (exact) mass is 291 g/mol. The molecule has 1 N–H and O–H groups in total. The number of nitrogens with one attached hydrogen (secondary N) is 1. The first-order chi connectivity index (χ1) is 9.80. The Kier molecular flexibility index (Phi) is 5.49. The Labute approximate surface area is 124 Å². The van der Waals surface area contributed by atoms with Gasteiger partial charge in [0.15, 0.2) is 0 Å². The van der Waals surface area contributed by atoms with E-state index in [9.17, 15) is 0 Å². The van der Waals surface area contributed by atoms with Crippen LogP contribution in [-0.4, -0.2) is 23.2 Å². The number of hydrogen-bond acceptors (Lipinski definition) is 5. The first-order valence-electron chi connectivity index (χ1n) is 6.98. The summed E-state index contributed by atoms with van der Waals surface area (Å²) in [5, 5.41) is 7.80. The van der Waals surface area contributed by atoms with Crippen molar-refractivity contribution < 1.29 is 4.74 Å². The van der Waals surface area contributed by atoms with E-state index in [2.05, 4.69) is 40.9 Å². The van der Waals surface area contributed by atoms with Crippen LogP contribution in [0.5, 0.6) is 5.75 Å². The van der Waals surface area contributed by atoms with Gasteiger partial charge >= 0.3 is 0 Å². The second-order valence-corrected chi connectivity index (χ2v) is 5.38. The molecule has 4 nitrogen and oxygen atoms in total. The lowest BCUT2D eigenvalue weighted by Gasteiger charge is -2.18. The van der Waals surface area contributed by atoms with Gasteiger partial charge in [0.25, 0.3) is 0 Å². The molecule has 0 saturated carbocycles. The minimum Gasteiger partial charge on any atom is -0.497 e. The molecule has 1 atom stereocenters. The predicted octanol–water partition coefficient (Wildman–Crippen LogP) is 3.20. The molecule has 1 aromatic carbocycles. The van der Waals surface area contributed by atoms with Crippen LogP contribution in [0.15, 0.2) is 24.3 Å². The smallest absolute Gasteiger partial charge is 0.118 e. The van der Waals surface area contributed by atoms with Crippen molar-refractivity contribution in [3.63, 3.8) is 0 Å². The van der Waals surface area contributed by atoms with E-state index in [-0.39, 0.29) is 6.04 Å². The number of ether oxygens (including phenoxy) is 1. The summed E-state index contributed by atoms with van der Waals surface area (Å²) in [6.45, 7) is 5.18. The Morgan fingerprint density at radius 1 is 1.25 bits per heavy atom. The van der Waals surface area contributed by atoms with Gasteiger partial charge < -0.3 is 10.1 Å². The molecule has 108 valence electrons. The van der Waals surface area contributed by atoms with Crippen LogP contribution in [0.2, 0.25) is 0 Å². The standard InChI is InChI=1S/C15H21N3OS/c1-4-6-13-15(20-18-17-13)14(16-5-2)11-7-9-12(19-3)10-8-11/h7-10,14,16H,4-6H2,1-3H3. The van der Waals surface area contributed by atoms with Crippen LogP contribution in [0.25, 0.3) is 0 Å². The Morgan fingerprint density at radius 3 is 2.60 bits per heavy atom. The maximum absolute atomic E-state index is 5.22. The highest BCUT2D eigenvalue weighted by Gasteiger charge is 2.20. The van der Waals surface area contributed by atoms with Crippen LogP contribution < -0.4 is 10.1 Å². The third kappa shape index (κ3) is 3.35. The number of hydrogen-bond donors (Lipinski definition) is 1. The number of nitrogens with zero attached hydrogens (tertiary/aromatic N) is 2. The molecule has 0 radical (unpaired) electrons. The highest BCUT2D eigenvalue weighted by molar-refractivity contribution is 7.05. The zero-order valence-corrected chi connectivity index (χ0v) is 13.0. The van der Waals surface area contributed by atoms with Gasteiger partial charge in [-0.3, -0.25) is 0 Å². The van der Waals surface area contributed by atoms with Crippen molar-refractivity contribution >= 4 is 11.5 Å². The number of methoxy groups -OCH3 is 1. The normalized spacial score (nSPS) is 12.3. The summed E-state index contributed by atoms with van der Waals surface area (Å²) >= 11 is 1.49. The molecule has 1 heterocycles. The highest BCUT2D eigenvalue weighted by Crippen LogP contribution is 2.28. The summed E-state index contributed by atoms with van der Waals surface area (Å²) in [6, 6.07) is 8.34. The lowest BCUT2D eigenvalue weighted by molar-refractivity contribution is 0.414. The van der Waals surface area contributed by atoms with Gasteiger partial charge in [0.05, 0.1) is 23.7 Å². The lowest BCUT2D eigenvalue weighted by Crippen LogP contribution is -2.22. The number of aromatic nitrogens is 2. The molecule has 2 aromatic rings. The summed E-state index contributed by atoms with van der Waals surface area (Å²) in [5.74, 6) is 0.875. The maximum Gasteiger partial charge on any atom is 0.118 e. The molecule has 0 amide bonds. The summed E-state index contributed by atoms with van der Waals surface area (Å²) in [4.78, 5) is 1.22. The molecule has 0 fully saturated rings. The van der Waals surface area contributed by atoms with Crippen molar-refractivity contribution in [2.45, 2.75) is 32.7 Å². The van der Waals surface area contributed by atoms with Crippen LogP contribution in [0.1, 0.15) is 42.4 Å². The summed E-state index contributed by atoms with van der Waals surface area (Å²) in [6.07, 6.45) is 2.06. The molecule has 5 heteroatoms. The largest absolute Gasteiger partial charge is 0.497 e. The minimum atomic E-state index is 0.160. The van der Waals surface area contributed by atoms with Crippen molar-refractivity contribution in [2.24, 2.45) is 0 Å². The predicted molar refractivity (Wildman–Crippen MR) is 82.4 cm³/mol. The first-order valence-corrected chi connectivity index (χ1v) is 7.75. The van der Waals surface area contributed by atoms with Crippen LogP contribution in [0.3, 0.4) is 0 Å². The minimum absolute atomic E-state index is 0.160. The Morgan fingerprint density at radius 2 is 2.00 bits per heavy atom. The van der Waals surface area contributed by atoms with Crippen LogP contribution in [-0.2, 0) is 6.42 Å². The van der Waals surface area contributed by atoms with Gasteiger partial charge in [-0.05, 0) is 42.2 Å². The molecular weight excluding hydrogens is 270 g/mol. The van der Waals surface area contributed by atoms with Gasteiger partial charge in [0.2, 0.25) is 0 Å². The number of benzene rings is 1. The molecule has 20 heavy (non-hydrogen) atoms. The van der Waals surface area contributed by atoms with Gasteiger partial charge in [0, 0.05) is 0 Å². The Hall–Kier alpha value is -1.46. The number of aryl methyl sites for hydroxylation is 1. The van der Waals surface area contributed by atoms with E-state index in [1.54, 1.807) is 7.11 Å². The Balaban J connectivity index is 2.31. The van der Waals surface area contributed by atoms with E-state index in [0.717, 1.165) is 30.8 Å². The van der Waals surface area contributed by atoms with Crippen molar-refractivity contribution in [1.82, 2.24) is 14.9 Å². The molecular formula is C15H21N3OS. The lowest BCUT2D eigenvalue weighted by atomic mass is 10.0. The summed E-state index contributed by atoms with van der Waals surface area (Å²) in [5.41, 5.74) is 2.33. The van der Waals surface area contributed by atoms with E-state index in [1.165, 1.54) is 22.0 Å². The van der Waals surface area contributed by atoms with Crippen molar-refractivity contribution in [1.29, 1.82) is 0 Å². The molecule has 0 saturated heterocycles. The third-order valence-corrected chi connectivity index (χ3v) is 4.02. The van der Waals surface area contributed by atoms with E-state index in [1.807, 2.05) is 12.1 Å². The van der Waals surface area contributed by atoms with E-state index in [4.69, 9.17) is 4.74 Å². The molecule has 0 spiro atoms. The molecule has 0 aliphatic rings. The SMILES string of the molecule is CCCc1nnsc1C(NCC)c1ccc(OC)cc1. The summed E-state index contributed by atoms with van der Waals surface area (Å²) in [7, 11) is 1.68. The van der Waals surface area contributed by atoms with Crippen molar-refractivity contribution in [3.8, 4) is 5.75 Å². The topological polar surface area (TPSA) is 47.0 Å². The van der Waals surface area contributed by atoms with Crippen molar-refractivity contribution in [2.75, 3.05) is 13.7 Å². The first kappa shape index (κ1) is 14.9. The quantitative estimate of drug-likeness (QED) is 0.851. The van der Waals surface area contributed by atoms with E-state index in [0.29, 0.717) is 0 Å². The molecule has 0 aliphatic heterocycles. The number of rotatable bonds is 7. The van der Waals surface area contributed by atoms with Gasteiger partial charge in [-0.2, -0.15) is 0 Å². The molecule has 2 rings (SSSR count). The fourth-order valence-electron chi connectivity index (χ4n) is 2.21. The zero-order valence-electron chi connectivity index (χ0n) is 12.2. The van der Waals surface area contributed by atoms with Gasteiger partial charge in [-0.25, -0.2) is 0 Å².